The third kappa shape index (κ3) is 3.84. The van der Waals surface area contributed by atoms with Gasteiger partial charge in [-0.05, 0) is 18.9 Å². The molecule has 1 aliphatic heterocycles. The lowest BCUT2D eigenvalue weighted by molar-refractivity contribution is -0.855. The van der Waals surface area contributed by atoms with Crippen LogP contribution in [0.4, 0.5) is 5.69 Å². The molecule has 0 bridgehead atoms. The molecule has 1 aromatic carbocycles. The van der Waals surface area contributed by atoms with E-state index in [9.17, 15) is 4.79 Å². The maximum absolute atomic E-state index is 12.8. The predicted molar refractivity (Wildman–Crippen MR) is 92.2 cm³/mol. The molecule has 0 radical (unpaired) electrons. The third-order valence-corrected chi connectivity index (χ3v) is 5.68. The minimum Gasteiger partial charge on any atom is -1.00 e. The second-order valence-electron chi connectivity index (χ2n) is 6.69. The number of quaternary nitrogens is 1. The average molecular weight is 482 g/mol. The summed E-state index contributed by atoms with van der Waals surface area (Å²) in [5.41, 5.74) is 6.63. The largest absolute Gasteiger partial charge is 1.00 e. The van der Waals surface area contributed by atoms with Gasteiger partial charge in [-0.1, -0.05) is 18.0 Å². The van der Waals surface area contributed by atoms with E-state index < -0.39 is 0 Å². The van der Waals surface area contributed by atoms with E-state index in [1.165, 1.54) is 26.4 Å². The molecule has 25 heavy (non-hydrogen) atoms. The number of carbonyl (C=O) groups excluding carboxylic acids is 1. The zero-order valence-corrected chi connectivity index (χ0v) is 17.4. The van der Waals surface area contributed by atoms with Gasteiger partial charge >= 0.3 is 0 Å². The van der Waals surface area contributed by atoms with Crippen LogP contribution in [-0.2, 0) is 4.74 Å². The Kier molecular flexibility index (Phi) is 6.80. The van der Waals surface area contributed by atoms with Crippen LogP contribution >= 0.6 is 11.6 Å². The summed E-state index contributed by atoms with van der Waals surface area (Å²) in [7, 11) is 3.19. The zero-order valence-electron chi connectivity index (χ0n) is 14.5. The lowest BCUT2D eigenvalue weighted by atomic mass is 9.70. The molecular weight excluding hydrogens is 457 g/mol. The Labute approximate surface area is 170 Å². The Bertz CT molecular complexity index is 638. The highest BCUT2D eigenvalue weighted by molar-refractivity contribution is 6.33. The number of hydrogen-bond donors (Lipinski definition) is 3. The second kappa shape index (κ2) is 8.28. The van der Waals surface area contributed by atoms with Crippen LogP contribution in [0.3, 0.4) is 0 Å². The lowest BCUT2D eigenvalue weighted by Gasteiger charge is -2.52. The SMILES string of the molecule is COc1cc(N)c(Cl)cc1C(=O)N[C@@H]1[C@H](OC)[NH2+]C12CCCCC2.[I-]. The van der Waals surface area contributed by atoms with E-state index in [4.69, 9.17) is 26.8 Å². The van der Waals surface area contributed by atoms with Crippen molar-refractivity contribution in [3.05, 3.63) is 22.7 Å². The number of rotatable bonds is 4. The molecule has 1 aliphatic carbocycles. The van der Waals surface area contributed by atoms with E-state index in [0.717, 1.165) is 12.8 Å². The molecule has 1 saturated carbocycles. The van der Waals surface area contributed by atoms with Crippen molar-refractivity contribution in [1.82, 2.24) is 5.32 Å². The topological polar surface area (TPSA) is 90.2 Å². The van der Waals surface area contributed by atoms with Crippen LogP contribution in [-0.4, -0.2) is 37.9 Å². The molecular formula is C17H25ClIN3O3. The number of amides is 1. The van der Waals surface area contributed by atoms with Crippen LogP contribution in [0.5, 0.6) is 5.75 Å². The number of nitrogens with two attached hydrogens (primary N) is 2. The van der Waals surface area contributed by atoms with Crippen molar-refractivity contribution in [3.8, 4) is 5.75 Å². The minimum atomic E-state index is -0.209. The average Bonchev–Trinajstić information content (AvgIpc) is 2.60. The van der Waals surface area contributed by atoms with Gasteiger partial charge in [0.25, 0.3) is 5.91 Å². The summed E-state index contributed by atoms with van der Waals surface area (Å²) in [6.45, 7) is 0. The summed E-state index contributed by atoms with van der Waals surface area (Å²) in [6, 6.07) is 3.12. The van der Waals surface area contributed by atoms with Gasteiger partial charge in [-0.3, -0.25) is 4.79 Å². The number of methoxy groups -OCH3 is 2. The smallest absolute Gasteiger partial charge is 0.255 e. The van der Waals surface area contributed by atoms with Gasteiger partial charge in [0.1, 0.15) is 11.3 Å². The number of nitrogen functional groups attached to an aromatic ring is 1. The van der Waals surface area contributed by atoms with E-state index in [1.807, 2.05) is 0 Å². The van der Waals surface area contributed by atoms with Gasteiger partial charge in [0, 0.05) is 26.0 Å². The van der Waals surface area contributed by atoms with Crippen molar-refractivity contribution in [3.63, 3.8) is 0 Å². The fraction of sp³-hybridized carbons (Fsp3) is 0.588. The molecule has 0 unspecified atom stereocenters. The van der Waals surface area contributed by atoms with Crippen LogP contribution < -0.4 is 45.1 Å². The fourth-order valence-electron chi connectivity index (χ4n) is 3.99. The van der Waals surface area contributed by atoms with Crippen molar-refractivity contribution in [2.75, 3.05) is 20.0 Å². The number of anilines is 1. The molecule has 6 nitrogen and oxygen atoms in total. The molecule has 8 heteroatoms. The van der Waals surface area contributed by atoms with Gasteiger partial charge < -0.3 is 49.8 Å². The van der Waals surface area contributed by atoms with Gasteiger partial charge in [0.05, 0.1) is 23.4 Å². The second-order valence-corrected chi connectivity index (χ2v) is 7.09. The third-order valence-electron chi connectivity index (χ3n) is 5.35. The monoisotopic (exact) mass is 481 g/mol. The van der Waals surface area contributed by atoms with Gasteiger partial charge in [0.2, 0.25) is 6.23 Å². The molecule has 1 aromatic rings. The van der Waals surface area contributed by atoms with Crippen molar-refractivity contribution in [2.45, 2.75) is 49.9 Å². The number of hydrogen-bond acceptors (Lipinski definition) is 4. The first kappa shape index (κ1) is 20.5. The number of nitrogens with one attached hydrogen (secondary N) is 1. The van der Waals surface area contributed by atoms with Gasteiger partial charge in [-0.2, -0.15) is 0 Å². The number of halogens is 2. The van der Waals surface area contributed by atoms with Crippen LogP contribution in [0.15, 0.2) is 12.1 Å². The number of benzene rings is 1. The summed E-state index contributed by atoms with van der Waals surface area (Å²) >= 11 is 6.08. The molecule has 2 aliphatic rings. The van der Waals surface area contributed by atoms with E-state index in [-0.39, 0.29) is 47.7 Å². The Balaban J connectivity index is 0.00000225. The zero-order chi connectivity index (χ0) is 17.3. The molecule has 1 heterocycles. The highest BCUT2D eigenvalue weighted by atomic mass is 127. The number of ether oxygens (including phenoxy) is 2. The number of carbonyl (C=O) groups is 1. The van der Waals surface area contributed by atoms with E-state index in [2.05, 4.69) is 10.6 Å². The fourth-order valence-corrected chi connectivity index (χ4v) is 4.15. The first-order valence-corrected chi connectivity index (χ1v) is 8.71. The van der Waals surface area contributed by atoms with Crippen LogP contribution in [0.2, 0.25) is 5.02 Å². The standard InChI is InChI=1S/C17H24ClN3O3.HI/c1-23-13-9-12(19)11(18)8-10(13)15(22)20-14-16(24-2)21-17(14)6-4-3-5-7-17;/h8-9,14,16,21H,3-7,19H2,1-2H3,(H,20,22);1H/t14-,16+;/m1./s1. The molecule has 1 saturated heterocycles. The Hall–Kier alpha value is -0.770. The lowest BCUT2D eigenvalue weighted by Crippen LogP contribution is -3.17. The molecule has 0 aromatic heterocycles. The van der Waals surface area contributed by atoms with Crippen molar-refractivity contribution in [1.29, 1.82) is 0 Å². The first-order chi connectivity index (χ1) is 11.5. The molecule has 140 valence electrons. The van der Waals surface area contributed by atoms with E-state index in [0.29, 0.717) is 22.0 Å². The Morgan fingerprint density at radius 1 is 1.32 bits per heavy atom. The van der Waals surface area contributed by atoms with Crippen molar-refractivity contribution in [2.24, 2.45) is 0 Å². The summed E-state index contributed by atoms with van der Waals surface area (Å²) in [6.07, 6.45) is 5.78. The van der Waals surface area contributed by atoms with Crippen LogP contribution in [0.1, 0.15) is 42.5 Å². The van der Waals surface area contributed by atoms with E-state index >= 15 is 0 Å². The maximum atomic E-state index is 12.8. The molecule has 2 fully saturated rings. The molecule has 1 spiro atoms. The summed E-state index contributed by atoms with van der Waals surface area (Å²) < 4.78 is 10.8. The van der Waals surface area contributed by atoms with Crippen LogP contribution in [0, 0.1) is 0 Å². The predicted octanol–water partition coefficient (Wildman–Crippen LogP) is -1.71. The van der Waals surface area contributed by atoms with E-state index in [1.54, 1.807) is 19.2 Å². The highest BCUT2D eigenvalue weighted by Gasteiger charge is 2.60. The van der Waals surface area contributed by atoms with Crippen molar-refractivity contribution < 1.29 is 43.6 Å². The molecule has 3 rings (SSSR count). The molecule has 1 amide bonds. The van der Waals surface area contributed by atoms with Crippen molar-refractivity contribution >= 4 is 23.2 Å². The Morgan fingerprint density at radius 3 is 2.60 bits per heavy atom. The first-order valence-electron chi connectivity index (χ1n) is 8.33. The Morgan fingerprint density at radius 2 is 2.00 bits per heavy atom. The van der Waals surface area contributed by atoms with Gasteiger partial charge in [-0.25, -0.2) is 0 Å². The normalized spacial score (nSPS) is 24.1. The highest BCUT2D eigenvalue weighted by Crippen LogP contribution is 2.34. The van der Waals surface area contributed by atoms with Gasteiger partial charge in [-0.15, -0.1) is 0 Å². The minimum absolute atomic E-state index is 0. The quantitative estimate of drug-likeness (QED) is 0.353. The summed E-state index contributed by atoms with van der Waals surface area (Å²) in [5.74, 6) is 0.211. The summed E-state index contributed by atoms with van der Waals surface area (Å²) in [5, 5.41) is 5.74. The molecule has 2 atom stereocenters. The maximum Gasteiger partial charge on any atom is 0.255 e. The van der Waals surface area contributed by atoms with Crippen LogP contribution in [0.25, 0.3) is 0 Å². The van der Waals surface area contributed by atoms with Gasteiger partial charge in [0.15, 0.2) is 6.04 Å². The summed E-state index contributed by atoms with van der Waals surface area (Å²) in [4.78, 5) is 12.8. The molecule has 5 N–H and O–H groups in total.